The van der Waals surface area contributed by atoms with E-state index in [1.165, 1.54) is 24.3 Å². The third kappa shape index (κ3) is 3.55. The molecule has 0 unspecified atom stereocenters. The van der Waals surface area contributed by atoms with Crippen molar-refractivity contribution in [1.82, 2.24) is 0 Å². The summed E-state index contributed by atoms with van der Waals surface area (Å²) in [6.45, 7) is 0. The van der Waals surface area contributed by atoms with Crippen molar-refractivity contribution in [2.45, 2.75) is 0 Å². The van der Waals surface area contributed by atoms with Crippen LogP contribution in [0.4, 0.5) is 10.1 Å². The number of ketones is 1. The molecular formula is C20H14FNO2. The van der Waals surface area contributed by atoms with Gasteiger partial charge < -0.3 is 5.32 Å². The van der Waals surface area contributed by atoms with Crippen molar-refractivity contribution >= 4 is 17.4 Å². The average molecular weight is 319 g/mol. The summed E-state index contributed by atoms with van der Waals surface area (Å²) in [5, 5.41) is 2.68. The van der Waals surface area contributed by atoms with Gasteiger partial charge in [-0.15, -0.1) is 0 Å². The van der Waals surface area contributed by atoms with Crippen LogP contribution in [0.2, 0.25) is 0 Å². The highest BCUT2D eigenvalue weighted by molar-refractivity contribution is 6.10. The van der Waals surface area contributed by atoms with Crippen molar-refractivity contribution in [3.8, 4) is 0 Å². The topological polar surface area (TPSA) is 46.2 Å². The summed E-state index contributed by atoms with van der Waals surface area (Å²) >= 11 is 0. The van der Waals surface area contributed by atoms with E-state index in [4.69, 9.17) is 0 Å². The van der Waals surface area contributed by atoms with Gasteiger partial charge in [0.15, 0.2) is 5.78 Å². The van der Waals surface area contributed by atoms with E-state index in [1.807, 2.05) is 6.07 Å². The number of carbonyl (C=O) groups is 2. The van der Waals surface area contributed by atoms with E-state index in [9.17, 15) is 14.0 Å². The number of rotatable bonds is 4. The minimum atomic E-state index is -0.364. The summed E-state index contributed by atoms with van der Waals surface area (Å²) in [5.41, 5.74) is 2.04. The van der Waals surface area contributed by atoms with Crippen molar-refractivity contribution in [2.75, 3.05) is 5.32 Å². The van der Waals surface area contributed by atoms with Gasteiger partial charge in [0.1, 0.15) is 5.82 Å². The molecule has 3 nitrogen and oxygen atoms in total. The Kier molecular flexibility index (Phi) is 4.47. The number of halogens is 1. The second-order valence-corrected chi connectivity index (χ2v) is 5.23. The lowest BCUT2D eigenvalue weighted by Gasteiger charge is -2.06. The van der Waals surface area contributed by atoms with Crippen molar-refractivity contribution in [1.29, 1.82) is 0 Å². The Morgan fingerprint density at radius 1 is 0.667 bits per heavy atom. The minimum Gasteiger partial charge on any atom is -0.322 e. The Hall–Kier alpha value is -3.27. The highest BCUT2D eigenvalue weighted by atomic mass is 19.1. The van der Waals surface area contributed by atoms with Gasteiger partial charge in [-0.1, -0.05) is 42.5 Å². The van der Waals surface area contributed by atoms with Crippen molar-refractivity contribution in [3.63, 3.8) is 0 Å². The first-order chi connectivity index (χ1) is 11.6. The van der Waals surface area contributed by atoms with Gasteiger partial charge >= 0.3 is 0 Å². The fourth-order valence-corrected chi connectivity index (χ4v) is 2.27. The molecule has 4 heteroatoms. The quantitative estimate of drug-likeness (QED) is 0.728. The molecule has 0 aliphatic carbocycles. The first kappa shape index (κ1) is 15.6. The highest BCUT2D eigenvalue weighted by Crippen LogP contribution is 2.13. The SMILES string of the molecule is O=C(Nc1ccc(F)cc1)c1ccc(C(=O)c2ccccc2)cc1. The normalized spacial score (nSPS) is 10.2. The molecular weight excluding hydrogens is 305 g/mol. The molecule has 24 heavy (non-hydrogen) atoms. The molecule has 118 valence electrons. The van der Waals surface area contributed by atoms with Gasteiger partial charge in [0.25, 0.3) is 5.91 Å². The Labute approximate surface area is 138 Å². The molecule has 0 spiro atoms. The lowest BCUT2D eigenvalue weighted by Crippen LogP contribution is -2.12. The van der Waals surface area contributed by atoms with Crippen LogP contribution in [-0.2, 0) is 0 Å². The zero-order chi connectivity index (χ0) is 16.9. The van der Waals surface area contributed by atoms with E-state index in [-0.39, 0.29) is 17.5 Å². The number of carbonyl (C=O) groups excluding carboxylic acids is 2. The van der Waals surface area contributed by atoms with Gasteiger partial charge in [-0.25, -0.2) is 4.39 Å². The third-order valence-electron chi connectivity index (χ3n) is 3.55. The largest absolute Gasteiger partial charge is 0.322 e. The van der Waals surface area contributed by atoms with E-state index in [1.54, 1.807) is 48.5 Å². The molecule has 0 saturated heterocycles. The standard InChI is InChI=1S/C20H14FNO2/c21-17-10-12-18(13-11-17)22-20(24)16-8-6-15(7-9-16)19(23)14-4-2-1-3-5-14/h1-13H,(H,22,24). The van der Waals surface area contributed by atoms with E-state index in [0.717, 1.165) is 0 Å². The zero-order valence-corrected chi connectivity index (χ0v) is 12.7. The summed E-state index contributed by atoms with van der Waals surface area (Å²) in [4.78, 5) is 24.5. The maximum atomic E-state index is 12.9. The molecule has 1 amide bonds. The summed E-state index contributed by atoms with van der Waals surface area (Å²) in [5.74, 6) is -0.779. The van der Waals surface area contributed by atoms with Crippen LogP contribution >= 0.6 is 0 Å². The van der Waals surface area contributed by atoms with Crippen LogP contribution in [-0.4, -0.2) is 11.7 Å². The summed E-state index contributed by atoms with van der Waals surface area (Å²) in [7, 11) is 0. The van der Waals surface area contributed by atoms with E-state index >= 15 is 0 Å². The number of nitrogens with one attached hydrogen (secondary N) is 1. The molecule has 0 radical (unpaired) electrons. The zero-order valence-electron chi connectivity index (χ0n) is 12.7. The number of anilines is 1. The third-order valence-corrected chi connectivity index (χ3v) is 3.55. The Bertz CT molecular complexity index is 856. The van der Waals surface area contributed by atoms with Gasteiger partial charge in [0, 0.05) is 22.4 Å². The average Bonchev–Trinajstić information content (AvgIpc) is 2.64. The highest BCUT2D eigenvalue weighted by Gasteiger charge is 2.11. The molecule has 0 heterocycles. The summed E-state index contributed by atoms with van der Waals surface area (Å²) < 4.78 is 12.9. The van der Waals surface area contributed by atoms with Crippen molar-refractivity contribution in [3.05, 3.63) is 101 Å². The fourth-order valence-electron chi connectivity index (χ4n) is 2.27. The monoisotopic (exact) mass is 319 g/mol. The Morgan fingerprint density at radius 3 is 1.83 bits per heavy atom. The fraction of sp³-hybridized carbons (Fsp3) is 0. The van der Waals surface area contributed by atoms with Crippen molar-refractivity contribution in [2.24, 2.45) is 0 Å². The maximum absolute atomic E-state index is 12.9. The van der Waals surface area contributed by atoms with Crippen LogP contribution in [0.15, 0.2) is 78.9 Å². The van der Waals surface area contributed by atoms with E-state index in [2.05, 4.69) is 5.32 Å². The van der Waals surface area contributed by atoms with Gasteiger partial charge in [-0.3, -0.25) is 9.59 Å². The Morgan fingerprint density at radius 2 is 1.21 bits per heavy atom. The number of hydrogen-bond acceptors (Lipinski definition) is 2. The van der Waals surface area contributed by atoms with Gasteiger partial charge in [0.05, 0.1) is 0 Å². The van der Waals surface area contributed by atoms with Crippen LogP contribution in [0.25, 0.3) is 0 Å². The minimum absolute atomic E-state index is 0.0962. The lowest BCUT2D eigenvalue weighted by molar-refractivity contribution is 0.102. The first-order valence-corrected chi connectivity index (χ1v) is 7.40. The summed E-state index contributed by atoms with van der Waals surface area (Å²) in [6.07, 6.45) is 0. The molecule has 1 N–H and O–H groups in total. The second kappa shape index (κ2) is 6.87. The molecule has 0 aliphatic rings. The van der Waals surface area contributed by atoms with E-state index < -0.39 is 0 Å². The predicted octanol–water partition coefficient (Wildman–Crippen LogP) is 4.31. The van der Waals surface area contributed by atoms with Gasteiger partial charge in [-0.05, 0) is 36.4 Å². The van der Waals surface area contributed by atoms with Gasteiger partial charge in [0.2, 0.25) is 0 Å². The number of amides is 1. The van der Waals surface area contributed by atoms with Gasteiger partial charge in [-0.2, -0.15) is 0 Å². The maximum Gasteiger partial charge on any atom is 0.255 e. The van der Waals surface area contributed by atoms with E-state index in [0.29, 0.717) is 22.4 Å². The molecule has 3 rings (SSSR count). The lowest BCUT2D eigenvalue weighted by atomic mass is 10.0. The Balaban J connectivity index is 1.73. The number of hydrogen-bond donors (Lipinski definition) is 1. The molecule has 0 aromatic heterocycles. The number of benzene rings is 3. The molecule has 3 aromatic rings. The van der Waals surface area contributed by atoms with Crippen LogP contribution in [0.3, 0.4) is 0 Å². The smallest absolute Gasteiger partial charge is 0.255 e. The van der Waals surface area contributed by atoms with Crippen molar-refractivity contribution < 1.29 is 14.0 Å². The van der Waals surface area contributed by atoms with Crippen LogP contribution < -0.4 is 5.32 Å². The van der Waals surface area contributed by atoms with Crippen LogP contribution in [0.5, 0.6) is 0 Å². The molecule has 0 bridgehead atoms. The molecule has 0 aliphatic heterocycles. The summed E-state index contributed by atoms with van der Waals surface area (Å²) in [6, 6.07) is 20.9. The van der Waals surface area contributed by atoms with Crippen LogP contribution in [0.1, 0.15) is 26.3 Å². The molecule has 0 saturated carbocycles. The molecule has 0 fully saturated rings. The molecule has 3 aromatic carbocycles. The predicted molar refractivity (Wildman–Crippen MR) is 90.7 cm³/mol. The second-order valence-electron chi connectivity index (χ2n) is 5.23. The molecule has 0 atom stereocenters. The van der Waals surface area contributed by atoms with Crippen LogP contribution in [0, 0.1) is 5.82 Å². The first-order valence-electron chi connectivity index (χ1n) is 7.40.